The molecule has 0 unspecified atom stereocenters. The molecule has 2 N–H and O–H groups in total. The SMILES string of the molecule is CCCCC[C@@H]1Cc2cc(O)c(C(=O)O)c3c2[C@H](C[C@]2(OC[C@H](CC(=O)[C@@](C)(CC)C(=O)OC)[C@H]2C)O3)O1. The normalized spacial score (nSPS) is 29.3. The van der Waals surface area contributed by atoms with E-state index in [1.54, 1.807) is 13.8 Å². The lowest BCUT2D eigenvalue weighted by Gasteiger charge is -2.46. The Balaban J connectivity index is 1.65. The molecule has 1 spiro atoms. The summed E-state index contributed by atoms with van der Waals surface area (Å²) in [6.45, 7) is 7.65. The minimum Gasteiger partial charge on any atom is -0.507 e. The number of ketones is 1. The number of carboxylic acid groups (broad SMARTS) is 1. The van der Waals surface area contributed by atoms with Gasteiger partial charge in [0, 0.05) is 24.3 Å². The summed E-state index contributed by atoms with van der Waals surface area (Å²) in [6, 6.07) is 1.53. The van der Waals surface area contributed by atoms with Gasteiger partial charge in [0.05, 0.1) is 25.9 Å². The largest absolute Gasteiger partial charge is 0.507 e. The van der Waals surface area contributed by atoms with E-state index in [1.165, 1.54) is 13.2 Å². The minimum absolute atomic E-state index is 0.0588. The van der Waals surface area contributed by atoms with E-state index < -0.39 is 29.2 Å². The van der Waals surface area contributed by atoms with Gasteiger partial charge in [0.2, 0.25) is 5.79 Å². The molecule has 0 saturated carbocycles. The molecular weight excluding hydrogens is 492 g/mol. The van der Waals surface area contributed by atoms with Crippen molar-refractivity contribution in [3.63, 3.8) is 0 Å². The van der Waals surface area contributed by atoms with Crippen LogP contribution in [0.1, 0.15) is 100 Å². The van der Waals surface area contributed by atoms with Gasteiger partial charge in [-0.1, -0.05) is 40.0 Å². The third kappa shape index (κ3) is 4.79. The number of carboxylic acids is 1. The Kier molecular flexibility index (Phi) is 8.09. The van der Waals surface area contributed by atoms with Crippen molar-refractivity contribution in [2.75, 3.05) is 13.7 Å². The van der Waals surface area contributed by atoms with E-state index >= 15 is 0 Å². The first-order valence-electron chi connectivity index (χ1n) is 13.7. The molecule has 3 heterocycles. The highest BCUT2D eigenvalue weighted by atomic mass is 16.7. The van der Waals surface area contributed by atoms with Crippen LogP contribution in [0, 0.1) is 17.3 Å². The fourth-order valence-corrected chi connectivity index (χ4v) is 6.19. The molecular formula is C29H40O9. The van der Waals surface area contributed by atoms with Gasteiger partial charge < -0.3 is 29.2 Å². The van der Waals surface area contributed by atoms with Gasteiger partial charge in [-0.25, -0.2) is 4.79 Å². The average molecular weight is 533 g/mol. The van der Waals surface area contributed by atoms with Crippen molar-refractivity contribution < 1.29 is 43.5 Å². The smallest absolute Gasteiger partial charge is 0.343 e. The molecule has 0 aliphatic carbocycles. The Hall–Kier alpha value is -2.65. The Morgan fingerprint density at radius 3 is 2.61 bits per heavy atom. The summed E-state index contributed by atoms with van der Waals surface area (Å²) in [7, 11) is 1.27. The maximum absolute atomic E-state index is 13.3. The molecule has 3 aliphatic rings. The van der Waals surface area contributed by atoms with Crippen LogP contribution < -0.4 is 4.74 Å². The molecule has 3 aliphatic heterocycles. The number of carbonyl (C=O) groups excluding carboxylic acids is 2. The van der Waals surface area contributed by atoms with Crippen molar-refractivity contribution in [2.45, 2.75) is 97.1 Å². The van der Waals surface area contributed by atoms with E-state index in [0.29, 0.717) is 24.8 Å². The van der Waals surface area contributed by atoms with Crippen molar-refractivity contribution in [3.8, 4) is 11.5 Å². The Labute approximate surface area is 223 Å². The van der Waals surface area contributed by atoms with Crippen LogP contribution in [0.4, 0.5) is 0 Å². The first-order valence-corrected chi connectivity index (χ1v) is 13.7. The number of ether oxygens (including phenoxy) is 4. The van der Waals surface area contributed by atoms with E-state index in [9.17, 15) is 24.6 Å². The van der Waals surface area contributed by atoms with Crippen molar-refractivity contribution in [2.24, 2.45) is 17.3 Å². The van der Waals surface area contributed by atoms with Crippen molar-refractivity contribution >= 4 is 17.7 Å². The fraction of sp³-hybridized carbons (Fsp3) is 0.690. The molecule has 1 saturated heterocycles. The van der Waals surface area contributed by atoms with Crippen molar-refractivity contribution in [3.05, 3.63) is 22.8 Å². The topological polar surface area (TPSA) is 129 Å². The maximum atomic E-state index is 13.3. The Morgan fingerprint density at radius 1 is 1.24 bits per heavy atom. The van der Waals surface area contributed by atoms with E-state index in [2.05, 4.69) is 6.92 Å². The fourth-order valence-electron chi connectivity index (χ4n) is 6.19. The van der Waals surface area contributed by atoms with Crippen LogP contribution in [-0.4, -0.2) is 53.5 Å². The van der Waals surface area contributed by atoms with E-state index in [4.69, 9.17) is 18.9 Å². The summed E-state index contributed by atoms with van der Waals surface area (Å²) < 4.78 is 24.1. The average Bonchev–Trinajstić information content (AvgIpc) is 3.16. The first-order chi connectivity index (χ1) is 18.0. The predicted molar refractivity (Wildman–Crippen MR) is 137 cm³/mol. The predicted octanol–water partition coefficient (Wildman–Crippen LogP) is 4.96. The molecule has 6 atom stereocenters. The lowest BCUT2D eigenvalue weighted by atomic mass is 9.75. The number of rotatable bonds is 10. The van der Waals surface area contributed by atoms with Crippen LogP contribution in [0.2, 0.25) is 0 Å². The Morgan fingerprint density at radius 2 is 1.97 bits per heavy atom. The summed E-state index contributed by atoms with van der Waals surface area (Å²) >= 11 is 0. The quantitative estimate of drug-likeness (QED) is 0.244. The number of phenols is 1. The molecule has 210 valence electrons. The number of carbonyl (C=O) groups is 3. The summed E-state index contributed by atoms with van der Waals surface area (Å²) in [5, 5.41) is 20.6. The molecule has 1 aromatic carbocycles. The molecule has 1 aromatic rings. The number of aromatic carboxylic acids is 1. The molecule has 0 bridgehead atoms. The molecule has 4 rings (SSSR count). The number of Topliss-reactive ketones (excluding diaryl/α,β-unsaturated/α-hetero) is 1. The van der Waals surface area contributed by atoms with Crippen LogP contribution in [0.5, 0.6) is 11.5 Å². The van der Waals surface area contributed by atoms with Gasteiger partial charge in [0.25, 0.3) is 0 Å². The van der Waals surface area contributed by atoms with Gasteiger partial charge >= 0.3 is 11.9 Å². The molecule has 0 radical (unpaired) electrons. The van der Waals surface area contributed by atoms with Crippen LogP contribution in [0.25, 0.3) is 0 Å². The molecule has 1 fully saturated rings. The van der Waals surface area contributed by atoms with Crippen LogP contribution in [0.3, 0.4) is 0 Å². The van der Waals surface area contributed by atoms with E-state index in [-0.39, 0.29) is 53.8 Å². The first kappa shape index (κ1) is 28.4. The summed E-state index contributed by atoms with van der Waals surface area (Å²) in [4.78, 5) is 37.8. The van der Waals surface area contributed by atoms with E-state index in [0.717, 1.165) is 31.2 Å². The van der Waals surface area contributed by atoms with Gasteiger partial charge in [-0.2, -0.15) is 0 Å². The number of benzene rings is 1. The Bertz CT molecular complexity index is 1100. The van der Waals surface area contributed by atoms with Gasteiger partial charge in [-0.05, 0) is 43.7 Å². The van der Waals surface area contributed by atoms with Gasteiger partial charge in [0.15, 0.2) is 0 Å². The lowest BCUT2D eigenvalue weighted by Crippen LogP contribution is -2.48. The second-order valence-electron chi connectivity index (χ2n) is 11.2. The number of esters is 1. The number of aromatic hydroxyl groups is 1. The minimum atomic E-state index is -1.30. The highest BCUT2D eigenvalue weighted by molar-refractivity contribution is 6.03. The monoisotopic (exact) mass is 532 g/mol. The van der Waals surface area contributed by atoms with E-state index in [1.807, 2.05) is 6.92 Å². The summed E-state index contributed by atoms with van der Waals surface area (Å²) in [5.74, 6) is -4.13. The summed E-state index contributed by atoms with van der Waals surface area (Å²) in [5.41, 5.74) is -0.0542. The maximum Gasteiger partial charge on any atom is 0.343 e. The van der Waals surface area contributed by atoms with Gasteiger partial charge in [-0.3, -0.25) is 9.59 Å². The van der Waals surface area contributed by atoms with Crippen LogP contribution >= 0.6 is 0 Å². The molecule has 0 aromatic heterocycles. The second-order valence-corrected chi connectivity index (χ2v) is 11.2. The van der Waals surface area contributed by atoms with Gasteiger partial charge in [-0.15, -0.1) is 0 Å². The summed E-state index contributed by atoms with van der Waals surface area (Å²) in [6.07, 6.45) is 4.88. The highest BCUT2D eigenvalue weighted by Gasteiger charge is 2.57. The zero-order chi connectivity index (χ0) is 27.8. The van der Waals surface area contributed by atoms with Gasteiger partial charge in [0.1, 0.15) is 28.3 Å². The number of hydrogen-bond acceptors (Lipinski definition) is 8. The standard InChI is InChI=1S/C29H40O9/c1-6-8-9-10-19-11-17-12-20(30)24(26(32)33)25-23(17)21(37-19)14-29(38-25)16(3)18(15-36-29)13-22(31)28(4,7-2)27(34)35-5/h12,16,18-19,21,30H,6-11,13-15H2,1-5H3,(H,32,33)/t16-,18+,19-,21+,28-,29+/m1/s1. The number of methoxy groups -OCH3 is 1. The number of unbranched alkanes of at least 4 members (excludes halogenated alkanes) is 2. The second kappa shape index (κ2) is 10.8. The highest BCUT2D eigenvalue weighted by Crippen LogP contribution is 2.56. The molecule has 9 nitrogen and oxygen atoms in total. The number of hydrogen-bond donors (Lipinski definition) is 2. The van der Waals surface area contributed by atoms with Crippen molar-refractivity contribution in [1.29, 1.82) is 0 Å². The van der Waals surface area contributed by atoms with Crippen molar-refractivity contribution in [1.82, 2.24) is 0 Å². The van der Waals surface area contributed by atoms with Crippen LogP contribution in [-0.2, 0) is 30.2 Å². The van der Waals surface area contributed by atoms with Crippen LogP contribution in [0.15, 0.2) is 6.07 Å². The lowest BCUT2D eigenvalue weighted by molar-refractivity contribution is -0.214. The third-order valence-electron chi connectivity index (χ3n) is 8.95. The zero-order valence-electron chi connectivity index (χ0n) is 23.0. The molecule has 9 heteroatoms. The third-order valence-corrected chi connectivity index (χ3v) is 8.95. The zero-order valence-corrected chi connectivity index (χ0v) is 23.0. The molecule has 0 amide bonds. The molecule has 38 heavy (non-hydrogen) atoms.